The fraction of sp³-hybridized carbons (Fsp3) is 0.240. The largest absolute Gasteiger partial charge is 0.497 e. The highest BCUT2D eigenvalue weighted by Crippen LogP contribution is 2.34. The molecule has 1 amide bonds. The monoisotopic (exact) mass is 465 g/mol. The van der Waals surface area contributed by atoms with Gasteiger partial charge in [0.25, 0.3) is 15.9 Å². The van der Waals surface area contributed by atoms with Crippen LogP contribution < -0.4 is 19.3 Å². The van der Waals surface area contributed by atoms with E-state index in [1.54, 1.807) is 49.6 Å². The number of aryl methyl sites for hydroxylation is 1. The molecule has 0 aliphatic carbocycles. The Labute approximate surface area is 194 Å². The van der Waals surface area contributed by atoms with Gasteiger partial charge >= 0.3 is 0 Å². The molecule has 0 fully saturated rings. The van der Waals surface area contributed by atoms with Crippen molar-refractivity contribution in [1.29, 1.82) is 0 Å². The molecule has 7 nitrogen and oxygen atoms in total. The summed E-state index contributed by atoms with van der Waals surface area (Å²) >= 11 is 0. The number of ether oxygens (including phenoxy) is 1. The van der Waals surface area contributed by atoms with Crippen LogP contribution in [-0.2, 0) is 16.4 Å². The molecule has 0 saturated carbocycles. The average molecular weight is 466 g/mol. The fourth-order valence-corrected chi connectivity index (χ4v) is 5.43. The van der Waals surface area contributed by atoms with Gasteiger partial charge in [-0.15, -0.1) is 0 Å². The number of carbonyl (C=O) groups is 1. The number of sulfonamides is 1. The summed E-state index contributed by atoms with van der Waals surface area (Å²) in [4.78, 5) is 14.9. The van der Waals surface area contributed by atoms with Crippen molar-refractivity contribution in [2.75, 3.05) is 42.3 Å². The van der Waals surface area contributed by atoms with Gasteiger partial charge in [0.1, 0.15) is 5.75 Å². The molecule has 0 radical (unpaired) electrons. The van der Waals surface area contributed by atoms with Gasteiger partial charge in [-0.3, -0.25) is 9.10 Å². The number of hydrogen-bond donors (Lipinski definition) is 1. The van der Waals surface area contributed by atoms with Gasteiger partial charge in [-0.1, -0.05) is 6.07 Å². The number of methoxy groups -OCH3 is 1. The minimum absolute atomic E-state index is 0.211. The second kappa shape index (κ2) is 9.15. The molecule has 33 heavy (non-hydrogen) atoms. The van der Waals surface area contributed by atoms with Crippen LogP contribution in [0, 0.1) is 0 Å². The second-order valence-electron chi connectivity index (χ2n) is 8.10. The molecule has 1 aliphatic rings. The molecule has 3 aromatic carbocycles. The van der Waals surface area contributed by atoms with Crippen molar-refractivity contribution < 1.29 is 17.9 Å². The molecule has 0 bridgehead atoms. The lowest BCUT2D eigenvalue weighted by molar-refractivity contribution is 0.102. The maximum Gasteiger partial charge on any atom is 0.264 e. The SMILES string of the molecule is COc1ccc(S(=O)(=O)N2CCCc3cc(NC(=O)c4cccc(N(C)C)c4)ccc32)cc1. The molecule has 8 heteroatoms. The van der Waals surface area contributed by atoms with E-state index in [2.05, 4.69) is 5.32 Å². The Balaban J connectivity index is 1.58. The summed E-state index contributed by atoms with van der Waals surface area (Å²) in [5.74, 6) is 0.390. The van der Waals surface area contributed by atoms with Crippen molar-refractivity contribution in [2.24, 2.45) is 0 Å². The number of benzene rings is 3. The number of anilines is 3. The number of hydrogen-bond acceptors (Lipinski definition) is 5. The van der Waals surface area contributed by atoms with E-state index in [-0.39, 0.29) is 10.8 Å². The summed E-state index contributed by atoms with van der Waals surface area (Å²) in [5, 5.41) is 2.93. The van der Waals surface area contributed by atoms with Crippen LogP contribution in [0.3, 0.4) is 0 Å². The highest BCUT2D eigenvalue weighted by Gasteiger charge is 2.29. The van der Waals surface area contributed by atoms with E-state index in [9.17, 15) is 13.2 Å². The Kier molecular flexibility index (Phi) is 6.29. The Bertz CT molecular complexity index is 1270. The molecular weight excluding hydrogens is 438 g/mol. The van der Waals surface area contributed by atoms with Crippen molar-refractivity contribution >= 4 is 33.0 Å². The Hall–Kier alpha value is -3.52. The number of fused-ring (bicyclic) bond motifs is 1. The van der Waals surface area contributed by atoms with Crippen LogP contribution in [0.4, 0.5) is 17.1 Å². The average Bonchev–Trinajstić information content (AvgIpc) is 2.83. The lowest BCUT2D eigenvalue weighted by atomic mass is 10.0. The molecule has 0 unspecified atom stereocenters. The second-order valence-corrected chi connectivity index (χ2v) is 9.96. The minimum atomic E-state index is -3.71. The molecule has 1 N–H and O–H groups in total. The number of carbonyl (C=O) groups excluding carboxylic acids is 1. The van der Waals surface area contributed by atoms with E-state index >= 15 is 0 Å². The van der Waals surface area contributed by atoms with Gasteiger partial charge < -0.3 is 15.0 Å². The van der Waals surface area contributed by atoms with Gasteiger partial charge in [0.05, 0.1) is 17.7 Å². The standard InChI is InChI=1S/C25H27N3O4S/c1-27(2)21-8-4-6-19(17-21)25(29)26-20-9-14-24-18(16-20)7-5-15-28(24)33(30,31)23-12-10-22(32-3)11-13-23/h4,6,8-14,16-17H,5,7,15H2,1-3H3,(H,26,29). The van der Waals surface area contributed by atoms with E-state index in [0.717, 1.165) is 17.7 Å². The Morgan fingerprint density at radius 3 is 2.48 bits per heavy atom. The molecule has 3 aromatic rings. The summed E-state index contributed by atoms with van der Waals surface area (Å²) in [5.41, 5.74) is 3.66. The lowest BCUT2D eigenvalue weighted by Crippen LogP contribution is -2.35. The molecule has 0 spiro atoms. The molecule has 172 valence electrons. The first-order valence-corrected chi connectivity index (χ1v) is 12.1. The van der Waals surface area contributed by atoms with Crippen molar-refractivity contribution in [3.8, 4) is 5.75 Å². The molecular formula is C25H27N3O4S. The molecule has 4 rings (SSSR count). The summed E-state index contributed by atoms with van der Waals surface area (Å²) in [6, 6.07) is 19.1. The number of nitrogens with zero attached hydrogens (tertiary/aromatic N) is 2. The summed E-state index contributed by atoms with van der Waals surface area (Å²) in [6.07, 6.45) is 1.44. The summed E-state index contributed by atoms with van der Waals surface area (Å²) < 4.78 is 33.2. The number of amides is 1. The van der Waals surface area contributed by atoms with Crippen LogP contribution in [0.1, 0.15) is 22.3 Å². The summed E-state index contributed by atoms with van der Waals surface area (Å²) in [6.45, 7) is 0.407. The molecule has 0 aromatic heterocycles. The van der Waals surface area contributed by atoms with E-state index < -0.39 is 10.0 Å². The molecule has 1 heterocycles. The fourth-order valence-electron chi connectivity index (χ4n) is 3.89. The third-order valence-corrected chi connectivity index (χ3v) is 7.51. The predicted octanol–water partition coefficient (Wildman–Crippen LogP) is 4.16. The molecule has 1 aliphatic heterocycles. The topological polar surface area (TPSA) is 79.0 Å². The van der Waals surface area contributed by atoms with Crippen molar-refractivity contribution in [3.05, 3.63) is 77.9 Å². The van der Waals surface area contributed by atoms with E-state index in [1.807, 2.05) is 43.3 Å². The first kappa shape index (κ1) is 22.7. The highest BCUT2D eigenvalue weighted by atomic mass is 32.2. The van der Waals surface area contributed by atoms with Crippen LogP contribution >= 0.6 is 0 Å². The lowest BCUT2D eigenvalue weighted by Gasteiger charge is -2.31. The van der Waals surface area contributed by atoms with Crippen molar-refractivity contribution in [2.45, 2.75) is 17.7 Å². The van der Waals surface area contributed by atoms with Crippen molar-refractivity contribution in [3.63, 3.8) is 0 Å². The van der Waals surface area contributed by atoms with E-state index in [0.29, 0.717) is 35.7 Å². The van der Waals surface area contributed by atoms with E-state index in [4.69, 9.17) is 4.74 Å². The van der Waals surface area contributed by atoms with Gasteiger partial charge in [-0.25, -0.2) is 8.42 Å². The van der Waals surface area contributed by atoms with Gasteiger partial charge in [-0.2, -0.15) is 0 Å². The first-order chi connectivity index (χ1) is 15.8. The van der Waals surface area contributed by atoms with Gasteiger partial charge in [-0.05, 0) is 79.1 Å². The Morgan fingerprint density at radius 1 is 1.03 bits per heavy atom. The zero-order valence-corrected chi connectivity index (χ0v) is 19.7. The van der Waals surface area contributed by atoms with Gasteiger partial charge in [0.15, 0.2) is 0 Å². The third kappa shape index (κ3) is 4.66. The van der Waals surface area contributed by atoms with Gasteiger partial charge in [0.2, 0.25) is 0 Å². The zero-order valence-electron chi connectivity index (χ0n) is 18.9. The predicted molar refractivity (Wildman–Crippen MR) is 131 cm³/mol. The van der Waals surface area contributed by atoms with Gasteiger partial charge in [0, 0.05) is 37.6 Å². The molecule has 0 saturated heterocycles. The first-order valence-electron chi connectivity index (χ1n) is 10.7. The minimum Gasteiger partial charge on any atom is -0.497 e. The maximum atomic E-state index is 13.3. The van der Waals surface area contributed by atoms with Crippen molar-refractivity contribution in [1.82, 2.24) is 0 Å². The smallest absolute Gasteiger partial charge is 0.264 e. The highest BCUT2D eigenvalue weighted by molar-refractivity contribution is 7.92. The van der Waals surface area contributed by atoms with Crippen LogP contribution in [-0.4, -0.2) is 42.1 Å². The van der Waals surface area contributed by atoms with Crippen LogP contribution in [0.15, 0.2) is 71.6 Å². The number of nitrogens with one attached hydrogen (secondary N) is 1. The maximum absolute atomic E-state index is 13.3. The molecule has 0 atom stereocenters. The normalized spacial score (nSPS) is 13.2. The van der Waals surface area contributed by atoms with E-state index in [1.165, 1.54) is 4.31 Å². The number of rotatable bonds is 6. The summed E-state index contributed by atoms with van der Waals surface area (Å²) in [7, 11) is 1.68. The third-order valence-electron chi connectivity index (χ3n) is 5.69. The van der Waals surface area contributed by atoms with Crippen LogP contribution in [0.25, 0.3) is 0 Å². The zero-order chi connectivity index (χ0) is 23.6. The quantitative estimate of drug-likeness (QED) is 0.592. The Morgan fingerprint density at radius 2 is 1.79 bits per heavy atom. The van der Waals surface area contributed by atoms with Crippen LogP contribution in [0.2, 0.25) is 0 Å². The van der Waals surface area contributed by atoms with Crippen LogP contribution in [0.5, 0.6) is 5.75 Å².